The van der Waals surface area contributed by atoms with E-state index < -0.39 is 0 Å². The Morgan fingerprint density at radius 2 is 1.89 bits per heavy atom. The van der Waals surface area contributed by atoms with Gasteiger partial charge in [-0.1, -0.05) is 49.5 Å². The number of alkyl halides is 1. The second kappa shape index (κ2) is 6.09. The Morgan fingerprint density at radius 3 is 2.61 bits per heavy atom. The molecule has 2 aromatic carbocycles. The van der Waals surface area contributed by atoms with Gasteiger partial charge in [-0.05, 0) is 42.8 Å². The van der Waals surface area contributed by atoms with E-state index >= 15 is 0 Å². The van der Waals surface area contributed by atoms with Crippen LogP contribution >= 0.6 is 43.5 Å². The van der Waals surface area contributed by atoms with Crippen LogP contribution in [0, 0.1) is 6.92 Å². The fraction of sp³-hybridized carbons (Fsp3) is 0.143. The molecule has 0 spiro atoms. The highest BCUT2D eigenvalue weighted by Gasteiger charge is 2.07. The second-order valence-corrected chi connectivity index (χ2v) is 5.81. The van der Waals surface area contributed by atoms with Crippen LogP contribution in [0.4, 0.5) is 0 Å². The predicted molar refractivity (Wildman–Crippen MR) is 83.0 cm³/mol. The lowest BCUT2D eigenvalue weighted by atomic mass is 10.2. The standard InChI is InChI=1S/C14H11Br2ClO/c1-9-2-3-11(16)7-14(9)18-13-5-4-12(17)6-10(13)8-15/h2-7H,8H2,1H3. The fourth-order valence-corrected chi connectivity index (χ4v) is 2.53. The lowest BCUT2D eigenvalue weighted by Crippen LogP contribution is -1.91. The SMILES string of the molecule is Cc1ccc(Br)cc1Oc1ccc(Cl)cc1CBr. The molecule has 18 heavy (non-hydrogen) atoms. The van der Waals surface area contributed by atoms with Gasteiger partial charge in [-0.25, -0.2) is 0 Å². The largest absolute Gasteiger partial charge is 0.457 e. The van der Waals surface area contributed by atoms with Crippen LogP contribution in [0.25, 0.3) is 0 Å². The maximum Gasteiger partial charge on any atom is 0.131 e. The topological polar surface area (TPSA) is 9.23 Å². The van der Waals surface area contributed by atoms with Crippen LogP contribution in [0.3, 0.4) is 0 Å². The first-order valence-electron chi connectivity index (χ1n) is 5.38. The Balaban J connectivity index is 2.36. The summed E-state index contributed by atoms with van der Waals surface area (Å²) in [5, 5.41) is 1.42. The van der Waals surface area contributed by atoms with Crippen molar-refractivity contribution in [3.63, 3.8) is 0 Å². The summed E-state index contributed by atoms with van der Waals surface area (Å²) in [6.45, 7) is 2.02. The van der Waals surface area contributed by atoms with Gasteiger partial charge >= 0.3 is 0 Å². The molecule has 4 heteroatoms. The molecule has 0 saturated heterocycles. The molecule has 0 fully saturated rings. The van der Waals surface area contributed by atoms with E-state index in [-0.39, 0.29) is 0 Å². The number of benzene rings is 2. The quantitative estimate of drug-likeness (QED) is 0.576. The summed E-state index contributed by atoms with van der Waals surface area (Å²) < 4.78 is 6.95. The van der Waals surface area contributed by atoms with Crippen LogP contribution in [0.1, 0.15) is 11.1 Å². The summed E-state index contributed by atoms with van der Waals surface area (Å²) in [6.07, 6.45) is 0. The molecule has 94 valence electrons. The van der Waals surface area contributed by atoms with Gasteiger partial charge in [0.2, 0.25) is 0 Å². The number of hydrogen-bond donors (Lipinski definition) is 0. The Morgan fingerprint density at radius 1 is 1.11 bits per heavy atom. The van der Waals surface area contributed by atoms with Crippen LogP contribution < -0.4 is 4.74 Å². The monoisotopic (exact) mass is 388 g/mol. The average Bonchev–Trinajstić information content (AvgIpc) is 2.36. The van der Waals surface area contributed by atoms with Crippen LogP contribution in [0.2, 0.25) is 5.02 Å². The van der Waals surface area contributed by atoms with Crippen molar-refractivity contribution in [2.45, 2.75) is 12.3 Å². The average molecular weight is 391 g/mol. The van der Waals surface area contributed by atoms with Gasteiger partial charge in [0.1, 0.15) is 11.5 Å². The van der Waals surface area contributed by atoms with Crippen molar-refractivity contribution >= 4 is 43.5 Å². The minimum atomic E-state index is 0.704. The Bertz CT molecular complexity index is 570. The first-order chi connectivity index (χ1) is 8.60. The van der Waals surface area contributed by atoms with Gasteiger partial charge in [0.05, 0.1) is 0 Å². The minimum absolute atomic E-state index is 0.704. The molecule has 0 aliphatic heterocycles. The summed E-state index contributed by atoms with van der Waals surface area (Å²) in [7, 11) is 0. The van der Waals surface area contributed by atoms with Crippen molar-refractivity contribution in [2.75, 3.05) is 0 Å². The van der Waals surface area contributed by atoms with Gasteiger partial charge in [0, 0.05) is 20.4 Å². The first kappa shape index (κ1) is 13.9. The van der Waals surface area contributed by atoms with Crippen molar-refractivity contribution in [1.29, 1.82) is 0 Å². The van der Waals surface area contributed by atoms with Crippen molar-refractivity contribution in [1.82, 2.24) is 0 Å². The van der Waals surface area contributed by atoms with E-state index in [1.54, 1.807) is 0 Å². The Kier molecular flexibility index (Phi) is 4.71. The highest BCUT2D eigenvalue weighted by Crippen LogP contribution is 2.32. The van der Waals surface area contributed by atoms with Crippen molar-refractivity contribution in [3.05, 3.63) is 57.0 Å². The zero-order chi connectivity index (χ0) is 13.1. The van der Waals surface area contributed by atoms with E-state index in [9.17, 15) is 0 Å². The molecule has 2 aromatic rings. The number of halogens is 3. The molecular weight excluding hydrogens is 379 g/mol. The lowest BCUT2D eigenvalue weighted by molar-refractivity contribution is 0.474. The molecular formula is C14H11Br2ClO. The van der Waals surface area contributed by atoms with E-state index in [1.807, 2.05) is 43.3 Å². The number of rotatable bonds is 3. The molecule has 0 heterocycles. The zero-order valence-corrected chi connectivity index (χ0v) is 13.6. The van der Waals surface area contributed by atoms with Gasteiger partial charge < -0.3 is 4.74 Å². The second-order valence-electron chi connectivity index (χ2n) is 3.90. The molecule has 0 saturated carbocycles. The van der Waals surface area contributed by atoms with E-state index in [4.69, 9.17) is 16.3 Å². The molecule has 0 aromatic heterocycles. The number of aryl methyl sites for hydroxylation is 1. The highest BCUT2D eigenvalue weighted by molar-refractivity contribution is 9.10. The maximum atomic E-state index is 5.97. The van der Waals surface area contributed by atoms with Crippen molar-refractivity contribution in [3.8, 4) is 11.5 Å². The van der Waals surface area contributed by atoms with Crippen LogP contribution in [0.15, 0.2) is 40.9 Å². The molecule has 0 N–H and O–H groups in total. The summed E-state index contributed by atoms with van der Waals surface area (Å²) >= 11 is 12.9. The molecule has 0 radical (unpaired) electrons. The van der Waals surface area contributed by atoms with Gasteiger partial charge in [-0.15, -0.1) is 0 Å². The van der Waals surface area contributed by atoms with Gasteiger partial charge in [-0.3, -0.25) is 0 Å². The van der Waals surface area contributed by atoms with E-state index in [0.29, 0.717) is 10.4 Å². The summed E-state index contributed by atoms with van der Waals surface area (Å²) in [5.41, 5.74) is 2.12. The highest BCUT2D eigenvalue weighted by atomic mass is 79.9. The first-order valence-corrected chi connectivity index (χ1v) is 7.68. The van der Waals surface area contributed by atoms with E-state index in [1.165, 1.54) is 0 Å². The van der Waals surface area contributed by atoms with Crippen molar-refractivity contribution in [2.24, 2.45) is 0 Å². The summed E-state index contributed by atoms with van der Waals surface area (Å²) in [5.74, 6) is 1.66. The molecule has 1 nitrogen and oxygen atoms in total. The summed E-state index contributed by atoms with van der Waals surface area (Å²) in [4.78, 5) is 0. The molecule has 2 rings (SSSR count). The van der Waals surface area contributed by atoms with Crippen LogP contribution in [-0.2, 0) is 5.33 Å². The normalized spacial score (nSPS) is 10.4. The summed E-state index contributed by atoms with van der Waals surface area (Å²) in [6, 6.07) is 11.6. The van der Waals surface area contributed by atoms with Crippen LogP contribution in [-0.4, -0.2) is 0 Å². The molecule has 0 atom stereocenters. The van der Waals surface area contributed by atoms with Gasteiger partial charge in [-0.2, -0.15) is 0 Å². The van der Waals surface area contributed by atoms with E-state index in [2.05, 4.69) is 31.9 Å². The third kappa shape index (κ3) is 3.28. The van der Waals surface area contributed by atoms with Gasteiger partial charge in [0.15, 0.2) is 0 Å². The molecule has 0 aliphatic carbocycles. The number of hydrogen-bond acceptors (Lipinski definition) is 1. The minimum Gasteiger partial charge on any atom is -0.457 e. The van der Waals surface area contributed by atoms with Gasteiger partial charge in [0.25, 0.3) is 0 Å². The van der Waals surface area contributed by atoms with E-state index in [0.717, 1.165) is 27.1 Å². The predicted octanol–water partition coefficient (Wildman–Crippen LogP) is 6.10. The molecule has 0 amide bonds. The van der Waals surface area contributed by atoms with Crippen molar-refractivity contribution < 1.29 is 4.74 Å². The molecule has 0 bridgehead atoms. The smallest absolute Gasteiger partial charge is 0.131 e. The maximum absolute atomic E-state index is 5.97. The molecule has 0 aliphatic rings. The lowest BCUT2D eigenvalue weighted by Gasteiger charge is -2.12. The Hall–Kier alpha value is -0.510. The zero-order valence-electron chi connectivity index (χ0n) is 9.71. The third-order valence-electron chi connectivity index (χ3n) is 2.54. The van der Waals surface area contributed by atoms with Crippen LogP contribution in [0.5, 0.6) is 11.5 Å². The number of ether oxygens (including phenoxy) is 1. The Labute approximate surface area is 128 Å². The fourth-order valence-electron chi connectivity index (χ4n) is 1.55. The third-order valence-corrected chi connectivity index (χ3v) is 3.87. The molecule has 0 unspecified atom stereocenters.